The average molecular weight is 721 g/mol. The standard InChI is InChI=1S/C50H32N4S/c1-50(2)39-21-8-5-15-32(39)33-25-24-29(28-40(33)50)45-38-20-12-26-51-49(38)53-48(52-45)30-13-11-14-31(27-30)54-41-22-9-6-18-36(41)43-44-37-19-7-10-23-42(37)55-47(44)35-17-4-3-16-34(35)46(43)54/h3-28H,1-2H3. The van der Waals surface area contributed by atoms with Gasteiger partial charge in [0, 0.05) is 75.5 Å². The molecule has 258 valence electrons. The second kappa shape index (κ2) is 11.2. The van der Waals surface area contributed by atoms with Crippen molar-refractivity contribution in [1.29, 1.82) is 0 Å². The van der Waals surface area contributed by atoms with Crippen LogP contribution >= 0.6 is 11.3 Å². The van der Waals surface area contributed by atoms with Crippen molar-refractivity contribution in [3.05, 3.63) is 169 Å². The number of hydrogen-bond donors (Lipinski definition) is 0. The highest BCUT2D eigenvalue weighted by Crippen LogP contribution is 2.50. The molecular weight excluding hydrogens is 689 g/mol. The summed E-state index contributed by atoms with van der Waals surface area (Å²) in [5, 5.41) is 8.64. The van der Waals surface area contributed by atoms with Crippen LogP contribution in [0.4, 0.5) is 0 Å². The van der Waals surface area contributed by atoms with Crippen molar-refractivity contribution in [2.24, 2.45) is 0 Å². The maximum Gasteiger partial charge on any atom is 0.163 e. The Morgan fingerprint density at radius 3 is 2.20 bits per heavy atom. The van der Waals surface area contributed by atoms with Gasteiger partial charge < -0.3 is 4.57 Å². The fourth-order valence-electron chi connectivity index (χ4n) is 9.33. The first-order chi connectivity index (χ1) is 27.0. The van der Waals surface area contributed by atoms with E-state index >= 15 is 0 Å². The summed E-state index contributed by atoms with van der Waals surface area (Å²) < 4.78 is 5.09. The summed E-state index contributed by atoms with van der Waals surface area (Å²) in [6.07, 6.45) is 1.82. The van der Waals surface area contributed by atoms with Crippen molar-refractivity contribution in [1.82, 2.24) is 19.5 Å². The minimum Gasteiger partial charge on any atom is -0.309 e. The molecule has 0 bridgehead atoms. The Kier molecular flexibility index (Phi) is 6.24. The lowest BCUT2D eigenvalue weighted by molar-refractivity contribution is 0.660. The topological polar surface area (TPSA) is 43.6 Å². The van der Waals surface area contributed by atoms with Gasteiger partial charge in [0.05, 0.1) is 16.7 Å². The van der Waals surface area contributed by atoms with Crippen molar-refractivity contribution in [3.8, 4) is 39.5 Å². The van der Waals surface area contributed by atoms with Crippen LogP contribution in [0.2, 0.25) is 0 Å². The summed E-state index contributed by atoms with van der Waals surface area (Å²) in [5.74, 6) is 0.655. The van der Waals surface area contributed by atoms with Crippen LogP contribution in [0.15, 0.2) is 158 Å². The number of para-hydroxylation sites is 1. The second-order valence-electron chi connectivity index (χ2n) is 15.2. The molecule has 1 aliphatic rings. The van der Waals surface area contributed by atoms with Gasteiger partial charge in [0.15, 0.2) is 11.5 Å². The number of aromatic nitrogens is 4. The van der Waals surface area contributed by atoms with Crippen molar-refractivity contribution >= 4 is 75.1 Å². The lowest BCUT2D eigenvalue weighted by Crippen LogP contribution is -2.15. The third kappa shape index (κ3) is 4.24. The molecule has 0 atom stereocenters. The van der Waals surface area contributed by atoms with Crippen LogP contribution in [0.1, 0.15) is 25.0 Å². The largest absolute Gasteiger partial charge is 0.309 e. The van der Waals surface area contributed by atoms with Crippen molar-refractivity contribution < 1.29 is 0 Å². The number of thiophene rings is 1. The molecule has 0 saturated carbocycles. The van der Waals surface area contributed by atoms with Gasteiger partial charge in [0.1, 0.15) is 0 Å². The average Bonchev–Trinajstić information content (AvgIpc) is 3.87. The van der Waals surface area contributed by atoms with Crippen molar-refractivity contribution in [2.75, 3.05) is 0 Å². The molecule has 4 nitrogen and oxygen atoms in total. The molecule has 0 aliphatic heterocycles. The van der Waals surface area contributed by atoms with Crippen molar-refractivity contribution in [3.63, 3.8) is 0 Å². The maximum atomic E-state index is 5.37. The van der Waals surface area contributed by atoms with Gasteiger partial charge in [0.25, 0.3) is 0 Å². The lowest BCUT2D eigenvalue weighted by Gasteiger charge is -2.22. The Morgan fingerprint density at radius 2 is 1.29 bits per heavy atom. The Hall–Kier alpha value is -6.69. The zero-order valence-electron chi connectivity index (χ0n) is 30.2. The molecule has 11 aromatic rings. The summed E-state index contributed by atoms with van der Waals surface area (Å²) >= 11 is 1.89. The summed E-state index contributed by atoms with van der Waals surface area (Å²) in [7, 11) is 0. The monoisotopic (exact) mass is 720 g/mol. The van der Waals surface area contributed by atoms with E-state index in [4.69, 9.17) is 15.0 Å². The maximum absolute atomic E-state index is 5.37. The van der Waals surface area contributed by atoms with E-state index in [0.29, 0.717) is 11.5 Å². The van der Waals surface area contributed by atoms with Crippen LogP contribution in [0.25, 0.3) is 103 Å². The normalized spacial score (nSPS) is 13.4. The highest BCUT2D eigenvalue weighted by molar-refractivity contribution is 7.27. The van der Waals surface area contributed by atoms with Gasteiger partial charge in [-0.1, -0.05) is 123 Å². The van der Waals surface area contributed by atoms with Gasteiger partial charge in [-0.25, -0.2) is 15.0 Å². The molecule has 0 spiro atoms. The third-order valence-electron chi connectivity index (χ3n) is 11.8. The number of pyridine rings is 1. The predicted molar refractivity (Wildman–Crippen MR) is 231 cm³/mol. The summed E-state index contributed by atoms with van der Waals surface area (Å²) in [6.45, 7) is 4.64. The molecule has 1 aliphatic carbocycles. The highest BCUT2D eigenvalue weighted by atomic mass is 32.1. The molecule has 0 N–H and O–H groups in total. The van der Waals surface area contributed by atoms with Crippen molar-refractivity contribution in [2.45, 2.75) is 19.3 Å². The van der Waals surface area contributed by atoms with E-state index in [1.54, 1.807) is 0 Å². The molecule has 5 heteroatoms. The number of hydrogen-bond acceptors (Lipinski definition) is 4. The molecule has 0 fully saturated rings. The van der Waals surface area contributed by atoms with Gasteiger partial charge >= 0.3 is 0 Å². The van der Waals surface area contributed by atoms with Gasteiger partial charge in [-0.3, -0.25) is 0 Å². The lowest BCUT2D eigenvalue weighted by atomic mass is 9.82. The number of fused-ring (bicyclic) bond motifs is 14. The van der Waals surface area contributed by atoms with Crippen LogP contribution in [0.5, 0.6) is 0 Å². The zero-order valence-corrected chi connectivity index (χ0v) is 31.0. The fourth-order valence-corrected chi connectivity index (χ4v) is 10.6. The van der Waals surface area contributed by atoms with Crippen LogP contribution in [0, 0.1) is 0 Å². The molecule has 0 amide bonds. The van der Waals surface area contributed by atoms with E-state index in [1.807, 2.05) is 23.6 Å². The molecule has 4 aromatic heterocycles. The summed E-state index contributed by atoms with van der Waals surface area (Å²) in [5.41, 5.74) is 12.2. The quantitative estimate of drug-likeness (QED) is 0.182. The summed E-state index contributed by atoms with van der Waals surface area (Å²) in [6, 6.07) is 54.9. The van der Waals surface area contributed by atoms with Crippen LogP contribution < -0.4 is 0 Å². The number of nitrogens with zero attached hydrogens (tertiary/aromatic N) is 4. The molecule has 55 heavy (non-hydrogen) atoms. The van der Waals surface area contributed by atoms with Crippen LogP contribution in [0.3, 0.4) is 0 Å². The molecule has 0 saturated heterocycles. The van der Waals surface area contributed by atoms with Crippen LogP contribution in [-0.4, -0.2) is 19.5 Å². The van der Waals surface area contributed by atoms with Gasteiger partial charge in [-0.2, -0.15) is 0 Å². The second-order valence-corrected chi connectivity index (χ2v) is 16.2. The molecular formula is C50H32N4S. The molecule has 4 heterocycles. The predicted octanol–water partition coefficient (Wildman–Crippen LogP) is 13.3. The Balaban J connectivity index is 1.10. The van der Waals surface area contributed by atoms with Crippen LogP contribution in [-0.2, 0) is 5.41 Å². The minimum atomic E-state index is -0.118. The van der Waals surface area contributed by atoms with Gasteiger partial charge in [-0.05, 0) is 64.7 Å². The molecule has 0 unspecified atom stereocenters. The number of rotatable bonds is 3. The van der Waals surface area contributed by atoms with E-state index in [2.05, 4.69) is 164 Å². The van der Waals surface area contributed by atoms with E-state index in [9.17, 15) is 0 Å². The van der Waals surface area contributed by atoms with E-state index < -0.39 is 0 Å². The fraction of sp³-hybridized carbons (Fsp3) is 0.0600. The Morgan fingerprint density at radius 1 is 0.545 bits per heavy atom. The smallest absolute Gasteiger partial charge is 0.163 e. The highest BCUT2D eigenvalue weighted by Gasteiger charge is 2.35. The Labute approximate surface area is 321 Å². The SMILES string of the molecule is CC1(C)c2ccccc2-c2ccc(-c3nc(-c4cccc(-n5c6ccccc6c6c7c8ccccc8sc7c7ccccc7c65)c4)nc4ncccc34)cc21. The van der Waals surface area contributed by atoms with Gasteiger partial charge in [0.2, 0.25) is 0 Å². The van der Waals surface area contributed by atoms with Gasteiger partial charge in [-0.15, -0.1) is 11.3 Å². The molecule has 0 radical (unpaired) electrons. The zero-order chi connectivity index (χ0) is 36.4. The number of benzene rings is 7. The Bertz CT molecular complexity index is 3420. The summed E-state index contributed by atoms with van der Waals surface area (Å²) in [4.78, 5) is 15.2. The van der Waals surface area contributed by atoms with E-state index in [0.717, 1.165) is 27.9 Å². The van der Waals surface area contributed by atoms with E-state index in [1.165, 1.54) is 75.0 Å². The first-order valence-electron chi connectivity index (χ1n) is 18.8. The molecule has 7 aromatic carbocycles. The van der Waals surface area contributed by atoms with E-state index in [-0.39, 0.29) is 5.41 Å². The molecule has 12 rings (SSSR count). The first kappa shape index (κ1) is 30.7. The minimum absolute atomic E-state index is 0.118. The third-order valence-corrected chi connectivity index (χ3v) is 13.0. The first-order valence-corrected chi connectivity index (χ1v) is 19.6.